The number of rotatable bonds is 6. The molecular weight excluding hydrogens is 342 g/mol. The first-order chi connectivity index (χ1) is 13.0. The molecule has 0 spiro atoms. The number of aromatic nitrogens is 2. The largest absolute Gasteiger partial charge is 0.396 e. The zero-order valence-electron chi connectivity index (χ0n) is 16.5. The van der Waals surface area contributed by atoms with Crippen LogP contribution in [0.5, 0.6) is 0 Å². The average molecular weight is 374 g/mol. The van der Waals surface area contributed by atoms with Crippen molar-refractivity contribution in [3.63, 3.8) is 0 Å². The third-order valence-electron chi connectivity index (χ3n) is 5.19. The van der Waals surface area contributed by atoms with E-state index in [1.54, 1.807) is 0 Å². The third-order valence-corrected chi connectivity index (χ3v) is 5.19. The van der Waals surface area contributed by atoms with Crippen LogP contribution in [0.2, 0.25) is 0 Å². The van der Waals surface area contributed by atoms with Gasteiger partial charge in [-0.15, -0.1) is 0 Å². The molecule has 1 aliphatic rings. The number of H-pyrrole nitrogens is 1. The summed E-state index contributed by atoms with van der Waals surface area (Å²) in [6.07, 6.45) is 0.785. The molecule has 1 saturated heterocycles. The Morgan fingerprint density at radius 1 is 1.30 bits per heavy atom. The summed E-state index contributed by atoms with van der Waals surface area (Å²) in [6, 6.07) is 5.95. The highest BCUT2D eigenvalue weighted by molar-refractivity contribution is 5.77. The van der Waals surface area contributed by atoms with Gasteiger partial charge in [-0.25, -0.2) is 9.78 Å². The second-order valence-corrected chi connectivity index (χ2v) is 7.72. The van der Waals surface area contributed by atoms with Crippen LogP contribution in [0, 0.1) is 12.8 Å². The lowest BCUT2D eigenvalue weighted by atomic mass is 10.0. The number of aryl methyl sites for hydroxylation is 1. The Labute approximate surface area is 160 Å². The molecule has 7 nitrogen and oxygen atoms in total. The lowest BCUT2D eigenvalue weighted by molar-refractivity contribution is 0.129. The topological polar surface area (TPSA) is 84.5 Å². The maximum atomic E-state index is 12.8. The minimum Gasteiger partial charge on any atom is -0.396 e. The van der Waals surface area contributed by atoms with Crippen molar-refractivity contribution in [2.45, 2.75) is 33.2 Å². The zero-order valence-corrected chi connectivity index (χ0v) is 16.5. The zero-order chi connectivity index (χ0) is 19.4. The smallest absolute Gasteiger partial charge is 0.318 e. The molecule has 1 aromatic heterocycles. The highest BCUT2D eigenvalue weighted by Crippen LogP contribution is 2.23. The van der Waals surface area contributed by atoms with Crippen molar-refractivity contribution < 1.29 is 9.90 Å². The molecule has 27 heavy (non-hydrogen) atoms. The molecule has 1 unspecified atom stereocenters. The summed E-state index contributed by atoms with van der Waals surface area (Å²) in [5, 5.41) is 12.1. The van der Waals surface area contributed by atoms with E-state index >= 15 is 0 Å². The second kappa shape index (κ2) is 8.71. The van der Waals surface area contributed by atoms with E-state index in [9.17, 15) is 4.79 Å². The number of imidazole rings is 1. The predicted octanol–water partition coefficient (Wildman–Crippen LogP) is 2.28. The van der Waals surface area contributed by atoms with Gasteiger partial charge in [0.2, 0.25) is 0 Å². The summed E-state index contributed by atoms with van der Waals surface area (Å²) < 4.78 is 0. The number of aliphatic hydroxyl groups excluding tert-OH is 1. The Balaban J connectivity index is 1.64. The lowest BCUT2D eigenvalue weighted by Gasteiger charge is -2.35. The maximum absolute atomic E-state index is 12.8. The molecule has 2 heterocycles. The quantitative estimate of drug-likeness (QED) is 0.725. The summed E-state index contributed by atoms with van der Waals surface area (Å²) in [7, 11) is 0. The Bertz CT molecular complexity index is 765. The molecule has 148 valence electrons. The Kier molecular flexibility index (Phi) is 6.34. The maximum Gasteiger partial charge on any atom is 0.318 e. The van der Waals surface area contributed by atoms with Crippen molar-refractivity contribution >= 4 is 17.1 Å². The summed E-state index contributed by atoms with van der Waals surface area (Å²) in [5.41, 5.74) is 3.11. The number of hydrogen-bond donors (Lipinski definition) is 3. The van der Waals surface area contributed by atoms with E-state index in [-0.39, 0.29) is 24.6 Å². The molecule has 2 amide bonds. The summed E-state index contributed by atoms with van der Waals surface area (Å²) in [5.74, 6) is 1.03. The molecule has 0 aliphatic carbocycles. The number of nitrogens with one attached hydrogen (secondary N) is 2. The molecule has 1 aromatic carbocycles. The SMILES string of the molecule is Cc1ccc2nc(C(NC(=O)N3CCN(CCCO)CC3)C(C)C)[nH]c2c1. The first-order valence-electron chi connectivity index (χ1n) is 9.83. The van der Waals surface area contributed by atoms with Gasteiger partial charge in [0.15, 0.2) is 0 Å². The fourth-order valence-electron chi connectivity index (χ4n) is 3.53. The normalized spacial score (nSPS) is 16.9. The van der Waals surface area contributed by atoms with Gasteiger partial charge < -0.3 is 20.3 Å². The molecule has 1 atom stereocenters. The molecule has 0 saturated carbocycles. The van der Waals surface area contributed by atoms with Crippen LogP contribution in [0.4, 0.5) is 4.79 Å². The van der Waals surface area contributed by atoms with Crippen LogP contribution in [-0.2, 0) is 0 Å². The Morgan fingerprint density at radius 2 is 2.04 bits per heavy atom. The van der Waals surface area contributed by atoms with Crippen molar-refractivity contribution in [3.05, 3.63) is 29.6 Å². The Hall–Kier alpha value is -2.12. The van der Waals surface area contributed by atoms with E-state index in [0.29, 0.717) is 13.1 Å². The number of carbonyl (C=O) groups is 1. The van der Waals surface area contributed by atoms with E-state index in [0.717, 1.165) is 42.9 Å². The van der Waals surface area contributed by atoms with Gasteiger partial charge in [-0.3, -0.25) is 4.90 Å². The van der Waals surface area contributed by atoms with Gasteiger partial charge in [-0.2, -0.15) is 0 Å². The molecule has 0 bridgehead atoms. The lowest BCUT2D eigenvalue weighted by Crippen LogP contribution is -2.52. The second-order valence-electron chi connectivity index (χ2n) is 7.72. The van der Waals surface area contributed by atoms with Gasteiger partial charge in [-0.05, 0) is 37.0 Å². The number of fused-ring (bicyclic) bond motifs is 1. The van der Waals surface area contributed by atoms with Gasteiger partial charge in [0.25, 0.3) is 0 Å². The number of aromatic amines is 1. The Morgan fingerprint density at radius 3 is 2.70 bits per heavy atom. The highest BCUT2D eigenvalue weighted by Gasteiger charge is 2.26. The van der Waals surface area contributed by atoms with Crippen LogP contribution in [0.1, 0.15) is 37.7 Å². The number of aliphatic hydroxyl groups is 1. The van der Waals surface area contributed by atoms with Crippen LogP contribution in [0.3, 0.4) is 0 Å². The van der Waals surface area contributed by atoms with E-state index in [4.69, 9.17) is 10.1 Å². The van der Waals surface area contributed by atoms with Crippen molar-refractivity contribution in [2.75, 3.05) is 39.3 Å². The first kappa shape index (κ1) is 19.6. The fraction of sp³-hybridized carbons (Fsp3) is 0.600. The number of piperazine rings is 1. The van der Waals surface area contributed by atoms with Crippen molar-refractivity contribution in [1.29, 1.82) is 0 Å². The van der Waals surface area contributed by atoms with E-state index < -0.39 is 0 Å². The number of amides is 2. The van der Waals surface area contributed by atoms with Crippen molar-refractivity contribution in [2.24, 2.45) is 5.92 Å². The van der Waals surface area contributed by atoms with Crippen LogP contribution in [0.15, 0.2) is 18.2 Å². The van der Waals surface area contributed by atoms with Crippen LogP contribution in [-0.4, -0.2) is 70.2 Å². The van der Waals surface area contributed by atoms with E-state index in [2.05, 4.69) is 42.0 Å². The van der Waals surface area contributed by atoms with Crippen molar-refractivity contribution in [1.82, 2.24) is 25.1 Å². The number of benzene rings is 1. The van der Waals surface area contributed by atoms with Gasteiger partial charge in [0.1, 0.15) is 5.82 Å². The van der Waals surface area contributed by atoms with E-state index in [1.807, 2.05) is 17.0 Å². The average Bonchev–Trinajstić information content (AvgIpc) is 3.07. The standard InChI is InChI=1S/C20H31N5O2/c1-14(2)18(19-21-16-6-5-15(3)13-17(16)22-19)23-20(27)25-10-8-24(9-11-25)7-4-12-26/h5-6,13-14,18,26H,4,7-12H2,1-3H3,(H,21,22)(H,23,27). The minimum absolute atomic E-state index is 0.0351. The van der Waals surface area contributed by atoms with Gasteiger partial charge in [0.05, 0.1) is 17.1 Å². The van der Waals surface area contributed by atoms with E-state index in [1.165, 1.54) is 5.56 Å². The minimum atomic E-state index is -0.155. The summed E-state index contributed by atoms with van der Waals surface area (Å²) >= 11 is 0. The van der Waals surface area contributed by atoms with Gasteiger partial charge >= 0.3 is 6.03 Å². The number of hydrogen-bond acceptors (Lipinski definition) is 4. The fourth-order valence-corrected chi connectivity index (χ4v) is 3.53. The van der Waals surface area contributed by atoms with Crippen LogP contribution in [0.25, 0.3) is 11.0 Å². The molecule has 1 fully saturated rings. The molecule has 7 heteroatoms. The number of nitrogens with zero attached hydrogens (tertiary/aromatic N) is 3. The van der Waals surface area contributed by atoms with Crippen LogP contribution < -0.4 is 5.32 Å². The molecule has 3 N–H and O–H groups in total. The summed E-state index contributed by atoms with van der Waals surface area (Å²) in [4.78, 5) is 25.0. The van der Waals surface area contributed by atoms with Crippen LogP contribution >= 0.6 is 0 Å². The molecule has 0 radical (unpaired) electrons. The number of carbonyl (C=O) groups excluding carboxylic acids is 1. The number of urea groups is 1. The van der Waals surface area contributed by atoms with Gasteiger partial charge in [0, 0.05) is 39.3 Å². The molecule has 2 aromatic rings. The van der Waals surface area contributed by atoms with Gasteiger partial charge in [-0.1, -0.05) is 19.9 Å². The molecular formula is C20H31N5O2. The summed E-state index contributed by atoms with van der Waals surface area (Å²) in [6.45, 7) is 10.5. The first-order valence-corrected chi connectivity index (χ1v) is 9.83. The third kappa shape index (κ3) is 4.78. The molecule has 3 rings (SSSR count). The monoisotopic (exact) mass is 373 g/mol. The predicted molar refractivity (Wildman–Crippen MR) is 107 cm³/mol. The highest BCUT2D eigenvalue weighted by atomic mass is 16.3. The van der Waals surface area contributed by atoms with Crippen molar-refractivity contribution in [3.8, 4) is 0 Å². The molecule has 1 aliphatic heterocycles.